The molecule has 0 aliphatic rings. The van der Waals surface area contributed by atoms with Crippen molar-refractivity contribution in [2.75, 3.05) is 19.5 Å². The Morgan fingerprint density at radius 3 is 2.52 bits per heavy atom. The third kappa shape index (κ3) is 3.53. The smallest absolute Gasteiger partial charge is 0.252 e. The zero-order chi connectivity index (χ0) is 15.4. The summed E-state index contributed by atoms with van der Waals surface area (Å²) < 4.78 is 10.5. The molecule has 0 aliphatic carbocycles. The topological polar surface area (TPSA) is 76.2 Å². The lowest BCUT2D eigenvalue weighted by Crippen LogP contribution is -2.14. The molecule has 6 nitrogen and oxygen atoms in total. The second kappa shape index (κ2) is 6.30. The first-order valence-electron chi connectivity index (χ1n) is 6.60. The van der Waals surface area contributed by atoms with Crippen molar-refractivity contribution in [1.29, 1.82) is 0 Å². The Morgan fingerprint density at radius 2 is 1.90 bits per heavy atom. The van der Waals surface area contributed by atoms with Crippen molar-refractivity contribution in [3.63, 3.8) is 0 Å². The summed E-state index contributed by atoms with van der Waals surface area (Å²) in [5.74, 6) is 2.46. The minimum Gasteiger partial charge on any atom is -0.493 e. The third-order valence-corrected chi connectivity index (χ3v) is 3.13. The molecule has 0 bridgehead atoms. The molecule has 112 valence electrons. The Kier molecular flexibility index (Phi) is 4.47. The maximum Gasteiger partial charge on any atom is 0.252 e. The number of nitrogens with one attached hydrogen (secondary N) is 2. The van der Waals surface area contributed by atoms with Crippen LogP contribution in [0.15, 0.2) is 29.1 Å². The van der Waals surface area contributed by atoms with Crippen LogP contribution in [-0.2, 0) is 0 Å². The number of aromatic nitrogens is 2. The van der Waals surface area contributed by atoms with Gasteiger partial charge in [-0.05, 0) is 31.5 Å². The quantitative estimate of drug-likeness (QED) is 0.883. The maximum absolute atomic E-state index is 11.4. The van der Waals surface area contributed by atoms with E-state index >= 15 is 0 Å². The number of methoxy groups -OCH3 is 2. The monoisotopic (exact) mass is 289 g/mol. The van der Waals surface area contributed by atoms with Crippen LogP contribution in [0, 0.1) is 6.92 Å². The average molecular weight is 289 g/mol. The summed E-state index contributed by atoms with van der Waals surface area (Å²) in [6, 6.07) is 7.10. The van der Waals surface area contributed by atoms with Crippen molar-refractivity contribution in [1.82, 2.24) is 9.97 Å². The van der Waals surface area contributed by atoms with Gasteiger partial charge in [0.25, 0.3) is 5.56 Å². The van der Waals surface area contributed by atoms with E-state index in [0.29, 0.717) is 23.1 Å². The Bertz CT molecular complexity index is 682. The highest BCUT2D eigenvalue weighted by Gasteiger charge is 2.11. The normalized spacial score (nSPS) is 11.8. The minimum absolute atomic E-state index is 0.0292. The van der Waals surface area contributed by atoms with Crippen LogP contribution < -0.4 is 20.3 Å². The number of ether oxygens (including phenoxy) is 2. The third-order valence-electron chi connectivity index (χ3n) is 3.13. The fourth-order valence-electron chi connectivity index (χ4n) is 2.08. The van der Waals surface area contributed by atoms with Gasteiger partial charge in [0.1, 0.15) is 11.6 Å². The van der Waals surface area contributed by atoms with E-state index in [4.69, 9.17) is 9.47 Å². The number of rotatable bonds is 5. The van der Waals surface area contributed by atoms with Crippen LogP contribution in [0.1, 0.15) is 24.4 Å². The molecule has 2 rings (SSSR count). The summed E-state index contributed by atoms with van der Waals surface area (Å²) in [7, 11) is 3.20. The molecule has 0 saturated carbocycles. The second-order valence-electron chi connectivity index (χ2n) is 4.70. The van der Waals surface area contributed by atoms with Crippen molar-refractivity contribution in [2.24, 2.45) is 0 Å². The lowest BCUT2D eigenvalue weighted by Gasteiger charge is -2.17. The SMILES string of the molecule is COc1ccc(C(C)Nc2cc(=O)[nH]c(C)n2)cc1OC. The molecule has 0 aliphatic heterocycles. The first kappa shape index (κ1) is 14.9. The van der Waals surface area contributed by atoms with Gasteiger partial charge in [-0.1, -0.05) is 6.07 Å². The number of hydrogen-bond acceptors (Lipinski definition) is 5. The van der Waals surface area contributed by atoms with Crippen molar-refractivity contribution < 1.29 is 9.47 Å². The van der Waals surface area contributed by atoms with Gasteiger partial charge in [-0.2, -0.15) is 0 Å². The van der Waals surface area contributed by atoms with Crippen LogP contribution >= 0.6 is 0 Å². The van der Waals surface area contributed by atoms with Crippen LogP contribution in [0.5, 0.6) is 11.5 Å². The summed E-state index contributed by atoms with van der Waals surface area (Å²) >= 11 is 0. The van der Waals surface area contributed by atoms with Crippen molar-refractivity contribution in [3.05, 3.63) is 46.0 Å². The first-order chi connectivity index (χ1) is 10.0. The first-order valence-corrected chi connectivity index (χ1v) is 6.60. The highest BCUT2D eigenvalue weighted by molar-refractivity contribution is 5.46. The van der Waals surface area contributed by atoms with Crippen LogP contribution in [-0.4, -0.2) is 24.2 Å². The zero-order valence-electron chi connectivity index (χ0n) is 12.6. The van der Waals surface area contributed by atoms with E-state index in [2.05, 4.69) is 15.3 Å². The number of nitrogens with zero attached hydrogens (tertiary/aromatic N) is 1. The molecule has 0 spiro atoms. The van der Waals surface area contributed by atoms with Gasteiger partial charge in [-0.25, -0.2) is 4.98 Å². The van der Waals surface area contributed by atoms with E-state index < -0.39 is 0 Å². The summed E-state index contributed by atoms with van der Waals surface area (Å²) in [6.07, 6.45) is 0. The van der Waals surface area contributed by atoms with Crippen molar-refractivity contribution in [3.8, 4) is 11.5 Å². The summed E-state index contributed by atoms with van der Waals surface area (Å²) in [6.45, 7) is 3.73. The number of hydrogen-bond donors (Lipinski definition) is 2. The Hall–Kier alpha value is -2.50. The molecule has 1 aromatic heterocycles. The van der Waals surface area contributed by atoms with Crippen molar-refractivity contribution >= 4 is 5.82 Å². The van der Waals surface area contributed by atoms with E-state index in [-0.39, 0.29) is 11.6 Å². The molecular weight excluding hydrogens is 270 g/mol. The molecule has 0 saturated heterocycles. The van der Waals surface area contributed by atoms with Gasteiger partial charge >= 0.3 is 0 Å². The van der Waals surface area contributed by atoms with Gasteiger partial charge in [0.15, 0.2) is 11.5 Å². The van der Waals surface area contributed by atoms with Gasteiger partial charge in [0.2, 0.25) is 0 Å². The van der Waals surface area contributed by atoms with Crippen LogP contribution in [0.25, 0.3) is 0 Å². The number of aryl methyl sites for hydroxylation is 1. The predicted molar refractivity (Wildman–Crippen MR) is 81.2 cm³/mol. The van der Waals surface area contributed by atoms with E-state index in [1.54, 1.807) is 21.1 Å². The fourth-order valence-corrected chi connectivity index (χ4v) is 2.08. The number of aromatic amines is 1. The van der Waals surface area contributed by atoms with Gasteiger partial charge in [-0.3, -0.25) is 4.79 Å². The number of benzene rings is 1. The van der Waals surface area contributed by atoms with E-state index in [9.17, 15) is 4.79 Å². The molecule has 0 radical (unpaired) electrons. The Balaban J connectivity index is 2.23. The lowest BCUT2D eigenvalue weighted by molar-refractivity contribution is 0.354. The highest BCUT2D eigenvalue weighted by Crippen LogP contribution is 2.30. The average Bonchev–Trinajstić information content (AvgIpc) is 2.45. The summed E-state index contributed by atoms with van der Waals surface area (Å²) in [5.41, 5.74) is 0.830. The molecular formula is C15H19N3O3. The van der Waals surface area contributed by atoms with Crippen LogP contribution in [0.2, 0.25) is 0 Å². The largest absolute Gasteiger partial charge is 0.493 e. The van der Waals surface area contributed by atoms with Gasteiger partial charge < -0.3 is 19.8 Å². The van der Waals surface area contributed by atoms with E-state index in [0.717, 1.165) is 5.56 Å². The summed E-state index contributed by atoms with van der Waals surface area (Å²) in [5, 5.41) is 3.20. The van der Waals surface area contributed by atoms with Gasteiger partial charge in [0.05, 0.1) is 20.3 Å². The molecule has 0 amide bonds. The Morgan fingerprint density at radius 1 is 1.19 bits per heavy atom. The highest BCUT2D eigenvalue weighted by atomic mass is 16.5. The zero-order valence-corrected chi connectivity index (χ0v) is 12.6. The maximum atomic E-state index is 11.4. The molecule has 2 aromatic rings. The molecule has 6 heteroatoms. The molecule has 1 atom stereocenters. The summed E-state index contributed by atoms with van der Waals surface area (Å²) in [4.78, 5) is 18.3. The minimum atomic E-state index is -0.176. The molecule has 0 fully saturated rings. The second-order valence-corrected chi connectivity index (χ2v) is 4.70. The molecule has 1 aromatic carbocycles. The molecule has 1 heterocycles. The van der Waals surface area contributed by atoms with Crippen LogP contribution in [0.3, 0.4) is 0 Å². The van der Waals surface area contributed by atoms with Gasteiger partial charge in [0, 0.05) is 6.07 Å². The van der Waals surface area contributed by atoms with E-state index in [1.807, 2.05) is 25.1 Å². The molecule has 1 unspecified atom stereocenters. The Labute approximate surface area is 123 Å². The predicted octanol–water partition coefficient (Wildman–Crippen LogP) is 2.27. The van der Waals surface area contributed by atoms with Gasteiger partial charge in [-0.15, -0.1) is 0 Å². The van der Waals surface area contributed by atoms with Crippen LogP contribution in [0.4, 0.5) is 5.82 Å². The number of H-pyrrole nitrogens is 1. The standard InChI is InChI=1S/C15H19N3O3/c1-9(16-14-8-15(19)18-10(2)17-14)11-5-6-12(20-3)13(7-11)21-4/h5-9H,1-4H3,(H2,16,17,18,19). The molecule has 21 heavy (non-hydrogen) atoms. The van der Waals surface area contributed by atoms with Crippen molar-refractivity contribution in [2.45, 2.75) is 19.9 Å². The van der Waals surface area contributed by atoms with E-state index in [1.165, 1.54) is 6.07 Å². The number of anilines is 1. The fraction of sp³-hybridized carbons (Fsp3) is 0.333. The lowest BCUT2D eigenvalue weighted by atomic mass is 10.1. The molecule has 2 N–H and O–H groups in total.